The van der Waals surface area contributed by atoms with Crippen LogP contribution in [-0.2, 0) is 6.54 Å². The molecule has 2 aromatic rings. The number of nitrogens with one attached hydrogen (secondary N) is 1. The van der Waals surface area contributed by atoms with Gasteiger partial charge in [0.05, 0.1) is 0 Å². The maximum Gasteiger partial charge on any atom is 0.115 e. The van der Waals surface area contributed by atoms with Gasteiger partial charge in [-0.2, -0.15) is 0 Å². The SMILES string of the molecule is Cc1cc(Cl)ccc1CNC(C)c1cccc(O)c1. The predicted molar refractivity (Wildman–Crippen MR) is 79.6 cm³/mol. The molecule has 2 aromatic carbocycles. The molecule has 2 rings (SSSR count). The summed E-state index contributed by atoms with van der Waals surface area (Å²) in [5, 5.41) is 13.7. The van der Waals surface area contributed by atoms with Crippen molar-refractivity contribution in [1.29, 1.82) is 0 Å². The van der Waals surface area contributed by atoms with E-state index in [1.165, 1.54) is 11.1 Å². The summed E-state index contributed by atoms with van der Waals surface area (Å²) in [6.45, 7) is 4.92. The van der Waals surface area contributed by atoms with Crippen molar-refractivity contribution in [2.45, 2.75) is 26.4 Å². The zero-order valence-electron chi connectivity index (χ0n) is 11.2. The fourth-order valence-corrected chi connectivity index (χ4v) is 2.26. The molecule has 0 heterocycles. The lowest BCUT2D eigenvalue weighted by Crippen LogP contribution is -2.18. The maximum atomic E-state index is 9.48. The molecule has 1 atom stereocenters. The van der Waals surface area contributed by atoms with Gasteiger partial charge in [-0.05, 0) is 54.8 Å². The summed E-state index contributed by atoms with van der Waals surface area (Å²) >= 11 is 5.94. The van der Waals surface area contributed by atoms with Crippen LogP contribution < -0.4 is 5.32 Å². The number of halogens is 1. The molecule has 0 aromatic heterocycles. The van der Waals surface area contributed by atoms with Crippen LogP contribution in [0, 0.1) is 6.92 Å². The first-order chi connectivity index (χ1) is 9.06. The van der Waals surface area contributed by atoms with Gasteiger partial charge in [0.25, 0.3) is 0 Å². The van der Waals surface area contributed by atoms with Crippen LogP contribution in [0.1, 0.15) is 29.7 Å². The quantitative estimate of drug-likeness (QED) is 0.876. The lowest BCUT2D eigenvalue weighted by molar-refractivity contribution is 0.472. The smallest absolute Gasteiger partial charge is 0.115 e. The summed E-state index contributed by atoms with van der Waals surface area (Å²) in [4.78, 5) is 0. The normalized spacial score (nSPS) is 12.4. The molecule has 0 spiro atoms. The third-order valence-electron chi connectivity index (χ3n) is 3.27. The Morgan fingerprint density at radius 3 is 2.68 bits per heavy atom. The zero-order valence-corrected chi connectivity index (χ0v) is 11.9. The van der Waals surface area contributed by atoms with Crippen LogP contribution in [0.3, 0.4) is 0 Å². The second-order valence-corrected chi connectivity index (χ2v) is 5.20. The van der Waals surface area contributed by atoms with Gasteiger partial charge in [0.2, 0.25) is 0 Å². The molecule has 0 aliphatic carbocycles. The third kappa shape index (κ3) is 3.72. The van der Waals surface area contributed by atoms with E-state index < -0.39 is 0 Å². The van der Waals surface area contributed by atoms with E-state index in [2.05, 4.69) is 19.2 Å². The molecule has 0 bridgehead atoms. The van der Waals surface area contributed by atoms with Crippen molar-refractivity contribution < 1.29 is 5.11 Å². The Morgan fingerprint density at radius 2 is 2.00 bits per heavy atom. The fourth-order valence-electron chi connectivity index (χ4n) is 2.03. The molecule has 0 aliphatic heterocycles. The van der Waals surface area contributed by atoms with E-state index in [0.29, 0.717) is 5.75 Å². The molecule has 0 amide bonds. The topological polar surface area (TPSA) is 32.3 Å². The minimum Gasteiger partial charge on any atom is -0.508 e. The largest absolute Gasteiger partial charge is 0.508 e. The van der Waals surface area contributed by atoms with Gasteiger partial charge in [0.1, 0.15) is 5.75 Å². The van der Waals surface area contributed by atoms with Crippen LogP contribution >= 0.6 is 11.6 Å². The lowest BCUT2D eigenvalue weighted by Gasteiger charge is -2.15. The molecular formula is C16H18ClNO. The summed E-state index contributed by atoms with van der Waals surface area (Å²) in [6.07, 6.45) is 0. The van der Waals surface area contributed by atoms with E-state index in [9.17, 15) is 5.11 Å². The second-order valence-electron chi connectivity index (χ2n) is 4.77. The zero-order chi connectivity index (χ0) is 13.8. The second kappa shape index (κ2) is 6.09. The van der Waals surface area contributed by atoms with E-state index in [4.69, 9.17) is 11.6 Å². The van der Waals surface area contributed by atoms with Gasteiger partial charge in [-0.3, -0.25) is 0 Å². The van der Waals surface area contributed by atoms with Crippen LogP contribution in [0.15, 0.2) is 42.5 Å². The van der Waals surface area contributed by atoms with Crippen LogP contribution in [0.4, 0.5) is 0 Å². The van der Waals surface area contributed by atoms with Crippen molar-refractivity contribution in [2.75, 3.05) is 0 Å². The van der Waals surface area contributed by atoms with Crippen LogP contribution in [0.5, 0.6) is 5.75 Å². The molecule has 19 heavy (non-hydrogen) atoms. The number of phenols is 1. The van der Waals surface area contributed by atoms with E-state index >= 15 is 0 Å². The number of aryl methyl sites for hydroxylation is 1. The number of benzene rings is 2. The van der Waals surface area contributed by atoms with Crippen LogP contribution in [-0.4, -0.2) is 5.11 Å². The highest BCUT2D eigenvalue weighted by Gasteiger charge is 2.06. The Labute approximate surface area is 119 Å². The molecule has 0 fully saturated rings. The fraction of sp³-hybridized carbons (Fsp3) is 0.250. The van der Waals surface area contributed by atoms with Crippen molar-refractivity contribution in [3.8, 4) is 5.75 Å². The summed E-state index contributed by atoms with van der Waals surface area (Å²) in [5.74, 6) is 0.300. The Bertz CT molecular complexity index is 568. The van der Waals surface area contributed by atoms with E-state index in [-0.39, 0.29) is 6.04 Å². The number of rotatable bonds is 4. The molecule has 100 valence electrons. The Morgan fingerprint density at radius 1 is 1.21 bits per heavy atom. The summed E-state index contributed by atoms with van der Waals surface area (Å²) < 4.78 is 0. The number of aromatic hydroxyl groups is 1. The first kappa shape index (κ1) is 13.9. The van der Waals surface area contributed by atoms with Gasteiger partial charge in [0.15, 0.2) is 0 Å². The average Bonchev–Trinajstić information content (AvgIpc) is 2.37. The minimum atomic E-state index is 0.183. The van der Waals surface area contributed by atoms with E-state index in [1.54, 1.807) is 12.1 Å². The van der Waals surface area contributed by atoms with Crippen molar-refractivity contribution in [3.05, 3.63) is 64.2 Å². The first-order valence-electron chi connectivity index (χ1n) is 6.33. The minimum absolute atomic E-state index is 0.183. The first-order valence-corrected chi connectivity index (χ1v) is 6.71. The summed E-state index contributed by atoms with van der Waals surface area (Å²) in [7, 11) is 0. The van der Waals surface area contributed by atoms with Crippen molar-refractivity contribution in [2.24, 2.45) is 0 Å². The van der Waals surface area contributed by atoms with Gasteiger partial charge in [-0.25, -0.2) is 0 Å². The highest BCUT2D eigenvalue weighted by atomic mass is 35.5. The number of hydrogen-bond acceptors (Lipinski definition) is 2. The average molecular weight is 276 g/mol. The van der Waals surface area contributed by atoms with Gasteiger partial charge in [-0.1, -0.05) is 29.8 Å². The van der Waals surface area contributed by atoms with Crippen LogP contribution in [0.2, 0.25) is 5.02 Å². The van der Waals surface area contributed by atoms with Gasteiger partial charge >= 0.3 is 0 Å². The van der Waals surface area contributed by atoms with Gasteiger partial charge < -0.3 is 10.4 Å². The molecule has 0 saturated carbocycles. The molecule has 0 radical (unpaired) electrons. The summed E-state index contributed by atoms with van der Waals surface area (Å²) in [6, 6.07) is 13.4. The standard InChI is InChI=1S/C16H18ClNO/c1-11-8-15(17)7-6-14(11)10-18-12(2)13-4-3-5-16(19)9-13/h3-9,12,18-19H,10H2,1-2H3. The monoisotopic (exact) mass is 275 g/mol. The molecule has 2 N–H and O–H groups in total. The Hall–Kier alpha value is -1.51. The van der Waals surface area contributed by atoms with E-state index in [1.807, 2.05) is 30.3 Å². The van der Waals surface area contributed by atoms with Crippen molar-refractivity contribution >= 4 is 11.6 Å². The highest BCUT2D eigenvalue weighted by Crippen LogP contribution is 2.19. The number of phenolic OH excluding ortho intramolecular Hbond substituents is 1. The molecule has 0 saturated heterocycles. The van der Waals surface area contributed by atoms with Crippen molar-refractivity contribution in [3.63, 3.8) is 0 Å². The Balaban J connectivity index is 2.02. The Kier molecular flexibility index (Phi) is 4.46. The van der Waals surface area contributed by atoms with Crippen LogP contribution in [0.25, 0.3) is 0 Å². The molecule has 2 nitrogen and oxygen atoms in total. The van der Waals surface area contributed by atoms with Crippen molar-refractivity contribution in [1.82, 2.24) is 5.32 Å². The highest BCUT2D eigenvalue weighted by molar-refractivity contribution is 6.30. The van der Waals surface area contributed by atoms with Gasteiger partial charge in [-0.15, -0.1) is 0 Å². The summed E-state index contributed by atoms with van der Waals surface area (Å²) in [5.41, 5.74) is 3.49. The maximum absolute atomic E-state index is 9.48. The molecule has 1 unspecified atom stereocenters. The number of hydrogen-bond donors (Lipinski definition) is 2. The van der Waals surface area contributed by atoms with Gasteiger partial charge in [0, 0.05) is 17.6 Å². The lowest BCUT2D eigenvalue weighted by atomic mass is 10.1. The predicted octanol–water partition coefficient (Wildman–Crippen LogP) is 4.20. The van der Waals surface area contributed by atoms with E-state index in [0.717, 1.165) is 17.1 Å². The molecule has 3 heteroatoms. The molecular weight excluding hydrogens is 258 g/mol. The molecule has 0 aliphatic rings. The third-order valence-corrected chi connectivity index (χ3v) is 3.51.